The molecule has 4 heteroatoms. The molecule has 0 atom stereocenters. The van der Waals surface area contributed by atoms with Gasteiger partial charge >= 0.3 is 0 Å². The van der Waals surface area contributed by atoms with Crippen molar-refractivity contribution in [1.82, 2.24) is 4.90 Å². The molecule has 0 saturated carbocycles. The van der Waals surface area contributed by atoms with Crippen molar-refractivity contribution in [2.24, 2.45) is 0 Å². The van der Waals surface area contributed by atoms with Crippen LogP contribution in [0.1, 0.15) is 24.8 Å². The lowest BCUT2D eigenvalue weighted by Crippen LogP contribution is -2.48. The highest BCUT2D eigenvalue weighted by Crippen LogP contribution is 2.33. The van der Waals surface area contributed by atoms with Gasteiger partial charge in [0.05, 0.1) is 0 Å². The number of carbonyl (C=O) groups excluding carboxylic acids is 1. The second-order valence-corrected chi connectivity index (χ2v) is 6.49. The Morgan fingerprint density at radius 2 is 1.95 bits per heavy atom. The van der Waals surface area contributed by atoms with Crippen molar-refractivity contribution in [1.29, 1.82) is 0 Å². The van der Waals surface area contributed by atoms with Crippen molar-refractivity contribution >= 4 is 27.5 Å². The molecule has 102 valence electrons. The third-order valence-electron chi connectivity index (χ3n) is 4.23. The van der Waals surface area contributed by atoms with Crippen molar-refractivity contribution in [2.75, 3.05) is 25.0 Å². The molecule has 0 aliphatic carbocycles. The van der Waals surface area contributed by atoms with E-state index < -0.39 is 0 Å². The van der Waals surface area contributed by atoms with Gasteiger partial charge in [0.15, 0.2) is 0 Å². The number of hydrogen-bond donors (Lipinski definition) is 0. The third-order valence-corrected chi connectivity index (χ3v) is 4.72. The Hall–Kier alpha value is -0.870. The van der Waals surface area contributed by atoms with Gasteiger partial charge in [0.1, 0.15) is 0 Å². The Labute approximate surface area is 122 Å². The van der Waals surface area contributed by atoms with Gasteiger partial charge in [-0.2, -0.15) is 0 Å². The second-order valence-electron chi connectivity index (χ2n) is 5.57. The number of piperidine rings is 1. The smallest absolute Gasteiger partial charge is 0.227 e. The first-order chi connectivity index (χ1) is 9.15. The zero-order chi connectivity index (χ0) is 13.4. The van der Waals surface area contributed by atoms with Crippen LogP contribution in [0.15, 0.2) is 22.7 Å². The maximum Gasteiger partial charge on any atom is 0.227 e. The predicted octanol–water partition coefficient (Wildman–Crippen LogP) is 2.82. The van der Waals surface area contributed by atoms with Crippen molar-refractivity contribution in [3.63, 3.8) is 0 Å². The number of halogens is 1. The molecule has 3 rings (SSSR count). The largest absolute Gasteiger partial charge is 0.309 e. The number of amides is 1. The molecule has 2 aliphatic rings. The van der Waals surface area contributed by atoms with E-state index >= 15 is 0 Å². The highest BCUT2D eigenvalue weighted by atomic mass is 79.9. The van der Waals surface area contributed by atoms with Crippen LogP contribution in [0.4, 0.5) is 5.69 Å². The molecule has 3 nitrogen and oxygen atoms in total. The molecule has 1 aromatic carbocycles. The van der Waals surface area contributed by atoms with Gasteiger partial charge in [0.25, 0.3) is 0 Å². The molecule has 0 unspecified atom stereocenters. The molecule has 0 radical (unpaired) electrons. The molecule has 0 spiro atoms. The van der Waals surface area contributed by atoms with E-state index in [0.29, 0.717) is 18.4 Å². The molecular weight excluding hydrogens is 304 g/mol. The van der Waals surface area contributed by atoms with E-state index in [-0.39, 0.29) is 0 Å². The van der Waals surface area contributed by atoms with E-state index in [2.05, 4.69) is 44.9 Å². The van der Waals surface area contributed by atoms with Gasteiger partial charge in [-0.3, -0.25) is 4.79 Å². The predicted molar refractivity (Wildman–Crippen MR) is 80.5 cm³/mol. The minimum Gasteiger partial charge on any atom is -0.309 e. The number of hydrogen-bond acceptors (Lipinski definition) is 2. The first kappa shape index (κ1) is 13.1. The van der Waals surface area contributed by atoms with Crippen LogP contribution in [0.5, 0.6) is 0 Å². The molecule has 1 aromatic rings. The summed E-state index contributed by atoms with van der Waals surface area (Å²) in [4.78, 5) is 16.7. The van der Waals surface area contributed by atoms with Crippen molar-refractivity contribution in [2.45, 2.75) is 31.7 Å². The molecule has 1 saturated heterocycles. The summed E-state index contributed by atoms with van der Waals surface area (Å²) in [5, 5.41) is 0. The summed E-state index contributed by atoms with van der Waals surface area (Å²) < 4.78 is 1.10. The fraction of sp³-hybridized carbons (Fsp3) is 0.533. The number of likely N-dealkylation sites (tertiary alicyclic amines) is 1. The Morgan fingerprint density at radius 1 is 1.21 bits per heavy atom. The molecule has 1 amide bonds. The van der Waals surface area contributed by atoms with E-state index in [1.54, 1.807) is 0 Å². The fourth-order valence-corrected chi connectivity index (χ4v) is 3.55. The van der Waals surface area contributed by atoms with E-state index in [0.717, 1.165) is 42.5 Å². The monoisotopic (exact) mass is 322 g/mol. The van der Waals surface area contributed by atoms with Crippen LogP contribution in [-0.2, 0) is 11.2 Å². The van der Waals surface area contributed by atoms with E-state index in [9.17, 15) is 4.79 Å². The van der Waals surface area contributed by atoms with Gasteiger partial charge in [-0.25, -0.2) is 0 Å². The zero-order valence-electron chi connectivity index (χ0n) is 11.2. The first-order valence-corrected chi connectivity index (χ1v) is 7.73. The number of benzene rings is 1. The quantitative estimate of drug-likeness (QED) is 0.793. The Kier molecular flexibility index (Phi) is 3.63. The summed E-state index contributed by atoms with van der Waals surface area (Å²) in [6.45, 7) is 2.17. The molecule has 19 heavy (non-hydrogen) atoms. The highest BCUT2D eigenvalue weighted by Gasteiger charge is 2.32. The first-order valence-electron chi connectivity index (χ1n) is 6.94. The zero-order valence-corrected chi connectivity index (χ0v) is 12.8. The Balaban J connectivity index is 1.90. The number of nitrogens with zero attached hydrogens (tertiary/aromatic N) is 2. The molecule has 0 aromatic heterocycles. The highest BCUT2D eigenvalue weighted by molar-refractivity contribution is 9.10. The summed E-state index contributed by atoms with van der Waals surface area (Å²) in [5.41, 5.74) is 2.43. The molecular formula is C15H19BrN2O. The topological polar surface area (TPSA) is 23.6 Å². The van der Waals surface area contributed by atoms with Crippen LogP contribution in [0, 0.1) is 0 Å². The minimum atomic E-state index is 0.296. The maximum atomic E-state index is 12.3. The minimum absolute atomic E-state index is 0.296. The molecule has 0 N–H and O–H groups in total. The van der Waals surface area contributed by atoms with Crippen molar-refractivity contribution in [3.8, 4) is 0 Å². The summed E-state index contributed by atoms with van der Waals surface area (Å²) in [6.07, 6.45) is 3.68. The van der Waals surface area contributed by atoms with Crippen molar-refractivity contribution in [3.05, 3.63) is 28.2 Å². The third kappa shape index (κ3) is 2.56. The lowest BCUT2D eigenvalue weighted by molar-refractivity contribution is -0.119. The molecule has 0 bridgehead atoms. The summed E-state index contributed by atoms with van der Waals surface area (Å²) in [7, 11) is 2.15. The average molecular weight is 323 g/mol. The molecule has 2 aliphatic heterocycles. The summed E-state index contributed by atoms with van der Waals surface area (Å²) in [6, 6.07) is 6.67. The van der Waals surface area contributed by atoms with E-state index in [1.807, 2.05) is 6.07 Å². The number of rotatable bonds is 1. The Bertz CT molecular complexity index is 495. The van der Waals surface area contributed by atoms with Crippen molar-refractivity contribution < 1.29 is 4.79 Å². The van der Waals surface area contributed by atoms with Crippen LogP contribution >= 0.6 is 15.9 Å². The van der Waals surface area contributed by atoms with Gasteiger partial charge in [-0.15, -0.1) is 0 Å². The van der Waals surface area contributed by atoms with Crippen LogP contribution in [-0.4, -0.2) is 37.0 Å². The van der Waals surface area contributed by atoms with Gasteiger partial charge < -0.3 is 9.80 Å². The van der Waals surface area contributed by atoms with Crippen LogP contribution < -0.4 is 4.90 Å². The van der Waals surface area contributed by atoms with Crippen LogP contribution in [0.25, 0.3) is 0 Å². The van der Waals surface area contributed by atoms with E-state index in [4.69, 9.17) is 0 Å². The van der Waals surface area contributed by atoms with E-state index in [1.165, 1.54) is 5.56 Å². The molecule has 1 fully saturated rings. The second kappa shape index (κ2) is 5.25. The summed E-state index contributed by atoms with van der Waals surface area (Å²) in [5.74, 6) is 0.296. The lowest BCUT2D eigenvalue weighted by atomic mass is 9.95. The number of anilines is 1. The van der Waals surface area contributed by atoms with Gasteiger partial charge in [-0.05, 0) is 63.2 Å². The average Bonchev–Trinajstić information content (AvgIpc) is 2.40. The fourth-order valence-electron chi connectivity index (χ4n) is 3.14. The number of carbonyl (C=O) groups is 1. The van der Waals surface area contributed by atoms with Gasteiger partial charge in [-0.1, -0.05) is 15.9 Å². The van der Waals surface area contributed by atoms with Crippen LogP contribution in [0.3, 0.4) is 0 Å². The normalized spacial score (nSPS) is 21.6. The van der Waals surface area contributed by atoms with Gasteiger partial charge in [0, 0.05) is 22.6 Å². The number of fused-ring (bicyclic) bond motifs is 1. The van der Waals surface area contributed by atoms with Crippen LogP contribution in [0.2, 0.25) is 0 Å². The van der Waals surface area contributed by atoms with Gasteiger partial charge in [0.2, 0.25) is 5.91 Å². The SMILES string of the molecule is CN1CCC(N2C(=O)CCc3cc(Br)ccc32)CC1. The number of aryl methyl sites for hydroxylation is 1. The molecule has 2 heterocycles. The standard InChI is InChI=1S/C15H19BrN2O/c1-17-8-6-13(7-9-17)18-14-4-3-12(16)10-11(14)2-5-15(18)19/h3-4,10,13H,2,5-9H2,1H3. The maximum absolute atomic E-state index is 12.3. The summed E-state index contributed by atoms with van der Waals surface area (Å²) >= 11 is 3.52. The lowest BCUT2D eigenvalue weighted by Gasteiger charge is -2.40. The Morgan fingerprint density at radius 3 is 2.68 bits per heavy atom.